The van der Waals surface area contributed by atoms with E-state index >= 15 is 0 Å². The Bertz CT molecular complexity index is 1020. The van der Waals surface area contributed by atoms with Crippen molar-refractivity contribution in [1.29, 1.82) is 0 Å². The molecule has 0 unspecified atom stereocenters. The summed E-state index contributed by atoms with van der Waals surface area (Å²) >= 11 is 1.84. The van der Waals surface area contributed by atoms with Gasteiger partial charge < -0.3 is 19.8 Å². The first-order chi connectivity index (χ1) is 13.7. The molecule has 1 fully saturated rings. The first kappa shape index (κ1) is 18.8. The summed E-state index contributed by atoms with van der Waals surface area (Å²) in [6.45, 7) is 1.64. The Morgan fingerprint density at radius 2 is 2.04 bits per heavy atom. The van der Waals surface area contributed by atoms with Crippen LogP contribution in [-0.4, -0.2) is 35.5 Å². The highest BCUT2D eigenvalue weighted by Crippen LogP contribution is 2.26. The highest BCUT2D eigenvalue weighted by atomic mass is 32.2. The van der Waals surface area contributed by atoms with Gasteiger partial charge in [0.2, 0.25) is 0 Å². The number of methoxy groups -OCH3 is 1. The number of hydrogen-bond donors (Lipinski definition) is 2. The van der Waals surface area contributed by atoms with Crippen LogP contribution in [0, 0.1) is 0 Å². The van der Waals surface area contributed by atoms with E-state index in [0.717, 1.165) is 43.2 Å². The molecule has 28 heavy (non-hydrogen) atoms. The van der Waals surface area contributed by atoms with Crippen LogP contribution in [0.2, 0.25) is 0 Å². The molecule has 1 saturated heterocycles. The number of aromatic nitrogens is 2. The fourth-order valence-electron chi connectivity index (χ4n) is 3.24. The lowest BCUT2D eigenvalue weighted by Gasteiger charge is -2.21. The van der Waals surface area contributed by atoms with Crippen LogP contribution in [0.3, 0.4) is 0 Å². The molecule has 0 atom stereocenters. The van der Waals surface area contributed by atoms with E-state index in [9.17, 15) is 4.79 Å². The molecule has 0 saturated carbocycles. The molecule has 0 aliphatic carbocycles. The molecule has 7 heteroatoms. The van der Waals surface area contributed by atoms with E-state index in [1.807, 2.05) is 48.2 Å². The van der Waals surface area contributed by atoms with Crippen molar-refractivity contribution in [3.63, 3.8) is 0 Å². The fraction of sp³-hybridized carbons (Fsp3) is 0.333. The third-order valence-electron chi connectivity index (χ3n) is 4.74. The number of rotatable bonds is 6. The second-order valence-electron chi connectivity index (χ2n) is 6.72. The van der Waals surface area contributed by atoms with E-state index in [4.69, 9.17) is 9.47 Å². The van der Waals surface area contributed by atoms with Crippen molar-refractivity contribution in [1.82, 2.24) is 9.97 Å². The number of nitrogens with one attached hydrogen (secondary N) is 2. The molecule has 2 heterocycles. The topological polar surface area (TPSA) is 76.2 Å². The fourth-order valence-corrected chi connectivity index (χ4v) is 4.30. The molecule has 2 N–H and O–H groups in total. The van der Waals surface area contributed by atoms with Gasteiger partial charge in [0, 0.05) is 35.9 Å². The van der Waals surface area contributed by atoms with Gasteiger partial charge in [-0.1, -0.05) is 6.07 Å². The van der Waals surface area contributed by atoms with Gasteiger partial charge in [-0.3, -0.25) is 4.79 Å². The smallest absolute Gasteiger partial charge is 0.258 e. The molecular weight excluding hydrogens is 374 g/mol. The van der Waals surface area contributed by atoms with Crippen molar-refractivity contribution in [2.45, 2.75) is 23.8 Å². The average Bonchev–Trinajstić information content (AvgIpc) is 2.73. The Kier molecular flexibility index (Phi) is 5.83. The second-order valence-corrected chi connectivity index (χ2v) is 8.01. The number of hydrogen-bond acceptors (Lipinski definition) is 6. The first-order valence-electron chi connectivity index (χ1n) is 9.34. The van der Waals surface area contributed by atoms with Crippen LogP contribution in [0.15, 0.2) is 47.3 Å². The van der Waals surface area contributed by atoms with Gasteiger partial charge in [-0.2, -0.15) is 11.8 Å². The summed E-state index contributed by atoms with van der Waals surface area (Å²) in [5, 5.41) is 4.50. The number of nitrogens with zero attached hydrogens (tertiary/aromatic N) is 1. The summed E-state index contributed by atoms with van der Waals surface area (Å²) in [4.78, 5) is 20.0. The van der Waals surface area contributed by atoms with Gasteiger partial charge in [0.25, 0.3) is 5.56 Å². The van der Waals surface area contributed by atoms with Gasteiger partial charge in [-0.25, -0.2) is 4.98 Å². The molecule has 4 rings (SSSR count). The molecule has 3 aromatic rings. The summed E-state index contributed by atoms with van der Waals surface area (Å²) in [6.07, 6.45) is 2.11. The molecule has 0 radical (unpaired) electrons. The largest absolute Gasteiger partial charge is 0.497 e. The molecule has 0 amide bonds. The lowest BCUT2D eigenvalue weighted by Crippen LogP contribution is -2.18. The van der Waals surface area contributed by atoms with Crippen LogP contribution < -0.4 is 15.6 Å². The number of benzene rings is 2. The number of ether oxygens (including phenoxy) is 2. The van der Waals surface area contributed by atoms with E-state index in [-0.39, 0.29) is 5.56 Å². The van der Waals surface area contributed by atoms with Crippen LogP contribution in [0.25, 0.3) is 10.9 Å². The zero-order valence-corrected chi connectivity index (χ0v) is 16.6. The predicted molar refractivity (Wildman–Crippen MR) is 114 cm³/mol. The quantitative estimate of drug-likeness (QED) is 0.653. The monoisotopic (exact) mass is 397 g/mol. The number of H-pyrrole nitrogens is 1. The van der Waals surface area contributed by atoms with E-state index in [1.54, 1.807) is 13.2 Å². The van der Waals surface area contributed by atoms with Crippen molar-refractivity contribution in [3.05, 3.63) is 58.6 Å². The number of thioether (sulfide) groups is 1. The summed E-state index contributed by atoms with van der Waals surface area (Å²) in [5.74, 6) is 2.20. The molecule has 146 valence electrons. The lowest BCUT2D eigenvalue weighted by molar-refractivity contribution is 0.1000. The van der Waals surface area contributed by atoms with E-state index in [2.05, 4.69) is 15.3 Å². The Labute approximate surface area is 167 Å². The predicted octanol–water partition coefficient (Wildman–Crippen LogP) is 4.09. The summed E-state index contributed by atoms with van der Waals surface area (Å²) < 4.78 is 10.7. The molecule has 0 bridgehead atoms. The number of aromatic amines is 1. The second kappa shape index (κ2) is 8.67. The van der Waals surface area contributed by atoms with Gasteiger partial charge in [-0.05, 0) is 43.2 Å². The first-order valence-corrected chi connectivity index (χ1v) is 10.4. The van der Waals surface area contributed by atoms with Crippen molar-refractivity contribution >= 4 is 34.0 Å². The van der Waals surface area contributed by atoms with Crippen molar-refractivity contribution in [2.24, 2.45) is 0 Å². The van der Waals surface area contributed by atoms with E-state index < -0.39 is 0 Å². The zero-order chi connectivity index (χ0) is 19.3. The summed E-state index contributed by atoms with van der Waals surface area (Å²) in [5.41, 5.74) is 2.39. The third-order valence-corrected chi connectivity index (χ3v) is 6.12. The number of fused-ring (bicyclic) bond motifs is 1. The minimum atomic E-state index is -0.0968. The maximum atomic E-state index is 12.4. The molecule has 1 aromatic heterocycles. The number of anilines is 2. The van der Waals surface area contributed by atoms with Gasteiger partial charge in [0.1, 0.15) is 11.6 Å². The minimum absolute atomic E-state index is 0.0968. The molecule has 0 spiro atoms. The van der Waals surface area contributed by atoms with Gasteiger partial charge in [-0.15, -0.1) is 0 Å². The third kappa shape index (κ3) is 4.48. The SMILES string of the molecule is COc1cccc(Nc2ccc3c(=O)[nH]c(CSC4CCOCC4)nc3c2)c1. The molecule has 6 nitrogen and oxygen atoms in total. The Morgan fingerprint density at radius 1 is 1.21 bits per heavy atom. The van der Waals surface area contributed by atoms with E-state index in [1.165, 1.54) is 0 Å². The lowest BCUT2D eigenvalue weighted by atomic mass is 10.2. The molecule has 2 aromatic carbocycles. The van der Waals surface area contributed by atoms with Crippen LogP contribution in [0.5, 0.6) is 5.75 Å². The van der Waals surface area contributed by atoms with Crippen LogP contribution >= 0.6 is 11.8 Å². The zero-order valence-electron chi connectivity index (χ0n) is 15.7. The van der Waals surface area contributed by atoms with Gasteiger partial charge in [0.05, 0.1) is 23.8 Å². The van der Waals surface area contributed by atoms with Crippen molar-refractivity contribution in [2.75, 3.05) is 25.6 Å². The average molecular weight is 398 g/mol. The Hall–Kier alpha value is -2.51. The standard InChI is InChI=1S/C21H23N3O3S/c1-26-16-4-2-3-14(11-16)22-15-5-6-18-19(12-15)23-20(24-21(18)25)13-28-17-7-9-27-10-8-17/h2-6,11-12,17,22H,7-10,13H2,1H3,(H,23,24,25). The van der Waals surface area contributed by atoms with Crippen molar-refractivity contribution in [3.8, 4) is 5.75 Å². The van der Waals surface area contributed by atoms with Crippen LogP contribution in [0.4, 0.5) is 11.4 Å². The summed E-state index contributed by atoms with van der Waals surface area (Å²) in [7, 11) is 1.64. The Morgan fingerprint density at radius 3 is 2.86 bits per heavy atom. The maximum absolute atomic E-state index is 12.4. The highest BCUT2D eigenvalue weighted by molar-refractivity contribution is 7.99. The maximum Gasteiger partial charge on any atom is 0.258 e. The summed E-state index contributed by atoms with van der Waals surface area (Å²) in [6, 6.07) is 13.3. The molecule has 1 aliphatic rings. The van der Waals surface area contributed by atoms with Crippen LogP contribution in [0.1, 0.15) is 18.7 Å². The van der Waals surface area contributed by atoms with Crippen LogP contribution in [-0.2, 0) is 10.5 Å². The normalized spacial score (nSPS) is 14.9. The van der Waals surface area contributed by atoms with Gasteiger partial charge in [0.15, 0.2) is 0 Å². The van der Waals surface area contributed by atoms with E-state index in [0.29, 0.717) is 27.7 Å². The molecule has 1 aliphatic heterocycles. The molecular formula is C21H23N3O3S. The Balaban J connectivity index is 1.54. The minimum Gasteiger partial charge on any atom is -0.497 e. The van der Waals surface area contributed by atoms with Crippen molar-refractivity contribution < 1.29 is 9.47 Å². The highest BCUT2D eigenvalue weighted by Gasteiger charge is 2.15. The van der Waals surface area contributed by atoms with Gasteiger partial charge >= 0.3 is 0 Å².